The van der Waals surface area contributed by atoms with E-state index in [9.17, 15) is 10.2 Å². The molecule has 1 atom stereocenters. The molecule has 4 N–H and O–H groups in total. The third kappa shape index (κ3) is 2.69. The Labute approximate surface area is 148 Å². The first-order valence-electron chi connectivity index (χ1n) is 7.19. The van der Waals surface area contributed by atoms with Crippen molar-refractivity contribution < 1.29 is 10.2 Å². The van der Waals surface area contributed by atoms with E-state index in [0.717, 1.165) is 39.6 Å². The molecule has 1 aliphatic heterocycles. The zero-order valence-electron chi connectivity index (χ0n) is 12.1. The lowest BCUT2D eigenvalue weighted by atomic mass is 9.94. The number of hydrogen-bond donors (Lipinski definition) is 4. The van der Waals surface area contributed by atoms with E-state index in [0.29, 0.717) is 0 Å². The first-order valence-corrected chi connectivity index (χ1v) is 7.98. The van der Waals surface area contributed by atoms with Gasteiger partial charge < -0.3 is 20.5 Å². The van der Waals surface area contributed by atoms with Crippen LogP contribution in [0.3, 0.4) is 0 Å². The highest BCUT2D eigenvalue weighted by Crippen LogP contribution is 2.38. The van der Waals surface area contributed by atoms with Crippen LogP contribution >= 0.6 is 28.3 Å². The van der Waals surface area contributed by atoms with E-state index in [1.807, 2.05) is 18.2 Å². The maximum Gasteiger partial charge on any atom is 0.120 e. The summed E-state index contributed by atoms with van der Waals surface area (Å²) in [5.74, 6) is 0.546. The van der Waals surface area contributed by atoms with Crippen molar-refractivity contribution in [2.24, 2.45) is 0 Å². The number of phenols is 2. The molecule has 0 bridgehead atoms. The maximum absolute atomic E-state index is 10.2. The summed E-state index contributed by atoms with van der Waals surface area (Å²) in [6.07, 6.45) is 0.893. The molecule has 4 rings (SSSR count). The van der Waals surface area contributed by atoms with Crippen LogP contribution in [-0.2, 0) is 6.42 Å². The molecule has 6 heteroatoms. The lowest BCUT2D eigenvalue weighted by molar-refractivity contribution is 0.452. The monoisotopic (exact) mass is 394 g/mol. The summed E-state index contributed by atoms with van der Waals surface area (Å²) in [7, 11) is 0. The molecule has 1 aliphatic rings. The smallest absolute Gasteiger partial charge is 0.120 e. The lowest BCUT2D eigenvalue weighted by Gasteiger charge is -2.25. The van der Waals surface area contributed by atoms with E-state index in [1.54, 1.807) is 18.2 Å². The van der Waals surface area contributed by atoms with Crippen LogP contribution in [0.5, 0.6) is 11.5 Å². The van der Waals surface area contributed by atoms with Gasteiger partial charge in [0.1, 0.15) is 11.5 Å². The number of rotatable bonds is 1. The summed E-state index contributed by atoms with van der Waals surface area (Å²) in [5, 5.41) is 24.5. The number of aromatic nitrogens is 1. The molecule has 0 saturated carbocycles. The third-order valence-electron chi connectivity index (χ3n) is 4.24. The Morgan fingerprint density at radius 3 is 2.74 bits per heavy atom. The van der Waals surface area contributed by atoms with Gasteiger partial charge in [-0.25, -0.2) is 0 Å². The number of aromatic hydroxyl groups is 2. The zero-order chi connectivity index (χ0) is 15.3. The number of aromatic amines is 1. The second kappa shape index (κ2) is 6.07. The minimum Gasteiger partial charge on any atom is -0.508 e. The molecule has 4 nitrogen and oxygen atoms in total. The van der Waals surface area contributed by atoms with Gasteiger partial charge in [-0.2, -0.15) is 0 Å². The molecule has 1 unspecified atom stereocenters. The van der Waals surface area contributed by atoms with Crippen LogP contribution < -0.4 is 5.32 Å². The van der Waals surface area contributed by atoms with Gasteiger partial charge in [0.2, 0.25) is 0 Å². The number of phenolic OH excluding ortho intramolecular Hbond substituents is 2. The largest absolute Gasteiger partial charge is 0.508 e. The second-order valence-electron chi connectivity index (χ2n) is 5.59. The zero-order valence-corrected chi connectivity index (χ0v) is 14.5. The second-order valence-corrected chi connectivity index (χ2v) is 6.50. The average Bonchev–Trinajstić information content (AvgIpc) is 2.88. The summed E-state index contributed by atoms with van der Waals surface area (Å²) in [4.78, 5) is 3.44. The summed E-state index contributed by atoms with van der Waals surface area (Å²) >= 11 is 3.46. The SMILES string of the molecule is Cl.Oc1ccc2[nH]c3c(c2c1)CCNC3c1cc(Br)ccc1O. The van der Waals surface area contributed by atoms with Crippen LogP contribution in [-0.4, -0.2) is 21.7 Å². The van der Waals surface area contributed by atoms with Gasteiger partial charge in [0.25, 0.3) is 0 Å². The number of halogens is 2. The van der Waals surface area contributed by atoms with E-state index in [2.05, 4.69) is 26.2 Å². The van der Waals surface area contributed by atoms with Gasteiger partial charge in [-0.3, -0.25) is 0 Å². The van der Waals surface area contributed by atoms with Gasteiger partial charge in [-0.1, -0.05) is 15.9 Å². The summed E-state index contributed by atoms with van der Waals surface area (Å²) in [6.45, 7) is 0.826. The molecular formula is C17H16BrClN2O2. The van der Waals surface area contributed by atoms with Gasteiger partial charge in [-0.05, 0) is 48.4 Å². The molecule has 120 valence electrons. The first kappa shape index (κ1) is 16.2. The van der Waals surface area contributed by atoms with Gasteiger partial charge >= 0.3 is 0 Å². The third-order valence-corrected chi connectivity index (χ3v) is 4.73. The van der Waals surface area contributed by atoms with E-state index < -0.39 is 0 Å². The highest BCUT2D eigenvalue weighted by molar-refractivity contribution is 9.10. The van der Waals surface area contributed by atoms with Gasteiger partial charge in [-0.15, -0.1) is 12.4 Å². The molecule has 2 aromatic carbocycles. The lowest BCUT2D eigenvalue weighted by Crippen LogP contribution is -2.30. The molecule has 0 spiro atoms. The number of H-pyrrole nitrogens is 1. The van der Waals surface area contributed by atoms with E-state index in [-0.39, 0.29) is 29.9 Å². The maximum atomic E-state index is 10.2. The Hall–Kier alpha value is -1.69. The number of fused-ring (bicyclic) bond motifs is 3. The van der Waals surface area contributed by atoms with Crippen LogP contribution in [0, 0.1) is 0 Å². The Morgan fingerprint density at radius 1 is 1.09 bits per heavy atom. The van der Waals surface area contributed by atoms with Crippen molar-refractivity contribution in [3.63, 3.8) is 0 Å². The van der Waals surface area contributed by atoms with Crippen molar-refractivity contribution >= 4 is 39.2 Å². The van der Waals surface area contributed by atoms with Gasteiger partial charge in [0, 0.05) is 33.2 Å². The minimum atomic E-state index is -0.0872. The molecule has 0 amide bonds. The minimum absolute atomic E-state index is 0. The van der Waals surface area contributed by atoms with Crippen molar-refractivity contribution in [2.75, 3.05) is 6.54 Å². The van der Waals surface area contributed by atoms with Crippen molar-refractivity contribution in [2.45, 2.75) is 12.5 Å². The van der Waals surface area contributed by atoms with Crippen molar-refractivity contribution in [1.82, 2.24) is 10.3 Å². The summed E-state index contributed by atoms with van der Waals surface area (Å²) in [5.41, 5.74) is 4.10. The Balaban J connectivity index is 0.00000156. The Bertz CT molecular complexity index is 878. The van der Waals surface area contributed by atoms with Gasteiger partial charge in [0.05, 0.1) is 6.04 Å². The quantitative estimate of drug-likeness (QED) is 0.503. The molecule has 0 saturated heterocycles. The van der Waals surface area contributed by atoms with Gasteiger partial charge in [0.15, 0.2) is 0 Å². The van der Waals surface area contributed by atoms with Crippen molar-refractivity contribution in [3.05, 3.63) is 57.7 Å². The van der Waals surface area contributed by atoms with E-state index in [1.165, 1.54) is 5.56 Å². The summed E-state index contributed by atoms with van der Waals surface area (Å²) < 4.78 is 0.933. The fourth-order valence-corrected chi connectivity index (χ4v) is 3.62. The fourth-order valence-electron chi connectivity index (χ4n) is 3.24. The van der Waals surface area contributed by atoms with Crippen LogP contribution in [0.4, 0.5) is 0 Å². The normalized spacial score (nSPS) is 16.8. The molecule has 23 heavy (non-hydrogen) atoms. The molecule has 1 aromatic heterocycles. The molecule has 0 aliphatic carbocycles. The Morgan fingerprint density at radius 2 is 1.91 bits per heavy atom. The van der Waals surface area contributed by atoms with E-state index in [4.69, 9.17) is 0 Å². The molecule has 3 aromatic rings. The fraction of sp³-hybridized carbons (Fsp3) is 0.176. The average molecular weight is 396 g/mol. The predicted octanol–water partition coefficient (Wildman–Crippen LogP) is 4.00. The van der Waals surface area contributed by atoms with Crippen LogP contribution in [0.2, 0.25) is 0 Å². The molecule has 2 heterocycles. The molecular weight excluding hydrogens is 380 g/mol. The van der Waals surface area contributed by atoms with Crippen LogP contribution in [0.1, 0.15) is 22.9 Å². The Kier molecular flexibility index (Phi) is 4.27. The van der Waals surface area contributed by atoms with Crippen molar-refractivity contribution in [1.29, 1.82) is 0 Å². The predicted molar refractivity (Wildman–Crippen MR) is 96.6 cm³/mol. The van der Waals surface area contributed by atoms with E-state index >= 15 is 0 Å². The number of hydrogen-bond acceptors (Lipinski definition) is 3. The highest BCUT2D eigenvalue weighted by Gasteiger charge is 2.27. The topological polar surface area (TPSA) is 68.3 Å². The van der Waals surface area contributed by atoms with Crippen LogP contribution in [0.25, 0.3) is 10.9 Å². The van der Waals surface area contributed by atoms with Crippen molar-refractivity contribution in [3.8, 4) is 11.5 Å². The standard InChI is InChI=1S/C17H15BrN2O2.ClH/c18-9-1-4-15(22)13(7-9)16-17-11(5-6-19-16)12-8-10(21)2-3-14(12)20-17;/h1-4,7-8,16,19-22H,5-6H2;1H. The summed E-state index contributed by atoms with van der Waals surface area (Å²) in [6, 6.07) is 10.7. The molecule has 0 fully saturated rings. The molecule has 0 radical (unpaired) electrons. The number of benzene rings is 2. The number of nitrogens with one attached hydrogen (secondary N) is 2. The van der Waals surface area contributed by atoms with Crippen LogP contribution in [0.15, 0.2) is 40.9 Å². The first-order chi connectivity index (χ1) is 10.6. The highest BCUT2D eigenvalue weighted by atomic mass is 79.9.